The van der Waals surface area contributed by atoms with Gasteiger partial charge < -0.3 is 5.32 Å². The highest BCUT2D eigenvalue weighted by Gasteiger charge is 2.15. The number of amides is 1. The highest BCUT2D eigenvalue weighted by atomic mass is 79.9. The predicted molar refractivity (Wildman–Crippen MR) is 85.4 cm³/mol. The van der Waals surface area contributed by atoms with Gasteiger partial charge in [0.15, 0.2) is 0 Å². The molecule has 0 saturated carbocycles. The summed E-state index contributed by atoms with van der Waals surface area (Å²) in [6, 6.07) is 7.46. The third-order valence-corrected chi connectivity index (χ3v) is 4.70. The van der Waals surface area contributed by atoms with Gasteiger partial charge in [-0.1, -0.05) is 0 Å². The molecular weight excluding hydrogens is 426 g/mol. The minimum absolute atomic E-state index is 0.0496. The molecule has 0 spiro atoms. The number of anilines is 1. The first-order chi connectivity index (χ1) is 9.79. The first-order valence-corrected chi connectivity index (χ1v) is 8.66. The lowest BCUT2D eigenvalue weighted by Gasteiger charge is -2.09. The second-order valence-corrected chi connectivity index (χ2v) is 7.24. The molecule has 1 aromatic heterocycles. The summed E-state index contributed by atoms with van der Waals surface area (Å²) >= 11 is 6.43. The van der Waals surface area contributed by atoms with E-state index in [2.05, 4.69) is 42.2 Å². The number of nitrogens with two attached hydrogens (primary N) is 1. The molecule has 0 bridgehead atoms. The van der Waals surface area contributed by atoms with Crippen molar-refractivity contribution in [2.24, 2.45) is 5.14 Å². The van der Waals surface area contributed by atoms with E-state index in [-0.39, 0.29) is 10.6 Å². The first-order valence-electron chi connectivity index (χ1n) is 5.53. The minimum Gasteiger partial charge on any atom is -0.320 e. The summed E-state index contributed by atoms with van der Waals surface area (Å²) in [5.74, 6) is -0.425. The van der Waals surface area contributed by atoms with Crippen LogP contribution in [0.1, 0.15) is 10.5 Å². The van der Waals surface area contributed by atoms with Crippen molar-refractivity contribution in [1.29, 1.82) is 0 Å². The number of hydrogen-bond donors (Lipinski definition) is 2. The van der Waals surface area contributed by atoms with Gasteiger partial charge in [0.25, 0.3) is 5.91 Å². The van der Waals surface area contributed by atoms with Gasteiger partial charge in [0.2, 0.25) is 10.0 Å². The number of hydrogen-bond acceptors (Lipinski definition) is 4. The Kier molecular flexibility index (Phi) is 4.77. The lowest BCUT2D eigenvalue weighted by molar-refractivity contribution is 0.102. The maximum absolute atomic E-state index is 12.1. The van der Waals surface area contributed by atoms with Crippen molar-refractivity contribution >= 4 is 53.5 Å². The van der Waals surface area contributed by atoms with E-state index in [1.807, 2.05) is 0 Å². The van der Waals surface area contributed by atoms with Crippen molar-refractivity contribution in [2.45, 2.75) is 4.90 Å². The van der Waals surface area contributed by atoms with Crippen LogP contribution in [0.5, 0.6) is 0 Å². The molecule has 1 aromatic carbocycles. The standard InChI is InChI=1S/C12H9Br2N3O3S/c13-8-2-1-5-16-11(8)12(18)17-10-4-3-7(6-9(10)14)21(15,19)20/h1-6H,(H,17,18)(H2,15,19,20). The number of sulfonamides is 1. The van der Waals surface area contributed by atoms with E-state index in [1.54, 1.807) is 12.1 Å². The molecule has 110 valence electrons. The Bertz CT molecular complexity index is 809. The molecule has 21 heavy (non-hydrogen) atoms. The normalized spacial score (nSPS) is 11.2. The van der Waals surface area contributed by atoms with Gasteiger partial charge in [-0.2, -0.15) is 0 Å². The molecule has 6 nitrogen and oxygen atoms in total. The van der Waals surface area contributed by atoms with Gasteiger partial charge in [0.05, 0.1) is 10.6 Å². The fourth-order valence-corrected chi connectivity index (χ4v) is 3.11. The SMILES string of the molecule is NS(=O)(=O)c1ccc(NC(=O)c2ncccc2Br)c(Br)c1. The topological polar surface area (TPSA) is 102 Å². The summed E-state index contributed by atoms with van der Waals surface area (Å²) < 4.78 is 23.4. The Labute approximate surface area is 138 Å². The molecule has 2 rings (SSSR count). The smallest absolute Gasteiger partial charge is 0.275 e. The van der Waals surface area contributed by atoms with E-state index in [0.29, 0.717) is 14.6 Å². The summed E-state index contributed by atoms with van der Waals surface area (Å²) in [5, 5.41) is 7.67. The second-order valence-electron chi connectivity index (χ2n) is 3.97. The zero-order valence-electron chi connectivity index (χ0n) is 10.4. The lowest BCUT2D eigenvalue weighted by atomic mass is 10.3. The van der Waals surface area contributed by atoms with Gasteiger partial charge in [0, 0.05) is 15.1 Å². The van der Waals surface area contributed by atoms with Crippen LogP contribution in [-0.4, -0.2) is 19.3 Å². The third-order valence-electron chi connectivity index (χ3n) is 2.49. The number of rotatable bonds is 3. The van der Waals surface area contributed by atoms with Crippen molar-refractivity contribution in [2.75, 3.05) is 5.32 Å². The van der Waals surface area contributed by atoms with Crippen molar-refractivity contribution in [3.8, 4) is 0 Å². The van der Waals surface area contributed by atoms with Crippen LogP contribution in [0.3, 0.4) is 0 Å². The monoisotopic (exact) mass is 433 g/mol. The Morgan fingerprint density at radius 2 is 1.90 bits per heavy atom. The zero-order chi connectivity index (χ0) is 15.6. The third kappa shape index (κ3) is 3.88. The van der Waals surface area contributed by atoms with E-state index in [1.165, 1.54) is 24.4 Å². The van der Waals surface area contributed by atoms with Gasteiger partial charge in [0.1, 0.15) is 5.69 Å². The summed E-state index contributed by atoms with van der Waals surface area (Å²) in [6.07, 6.45) is 1.50. The van der Waals surface area contributed by atoms with Crippen LogP contribution in [0, 0.1) is 0 Å². The molecule has 2 aromatic rings. The molecule has 3 N–H and O–H groups in total. The molecule has 0 unspecified atom stereocenters. The Balaban J connectivity index is 2.29. The number of halogens is 2. The Morgan fingerprint density at radius 1 is 1.19 bits per heavy atom. The molecule has 1 heterocycles. The zero-order valence-corrected chi connectivity index (χ0v) is 14.4. The first kappa shape index (κ1) is 16.1. The molecule has 0 aliphatic carbocycles. The van der Waals surface area contributed by atoms with Crippen molar-refractivity contribution in [3.63, 3.8) is 0 Å². The number of nitrogens with one attached hydrogen (secondary N) is 1. The van der Waals surface area contributed by atoms with E-state index >= 15 is 0 Å². The lowest BCUT2D eigenvalue weighted by Crippen LogP contribution is -2.15. The highest BCUT2D eigenvalue weighted by Crippen LogP contribution is 2.26. The van der Waals surface area contributed by atoms with Crippen molar-refractivity contribution < 1.29 is 13.2 Å². The molecule has 9 heteroatoms. The van der Waals surface area contributed by atoms with Gasteiger partial charge in [-0.3, -0.25) is 4.79 Å². The van der Waals surface area contributed by atoms with Crippen molar-refractivity contribution in [1.82, 2.24) is 4.98 Å². The largest absolute Gasteiger partial charge is 0.320 e. The van der Waals surface area contributed by atoms with E-state index in [4.69, 9.17) is 5.14 Å². The number of carbonyl (C=O) groups excluding carboxylic acids is 1. The average Bonchev–Trinajstić information content (AvgIpc) is 2.40. The Hall–Kier alpha value is -1.29. The highest BCUT2D eigenvalue weighted by molar-refractivity contribution is 9.11. The number of carbonyl (C=O) groups is 1. The Morgan fingerprint density at radius 3 is 2.48 bits per heavy atom. The van der Waals surface area contributed by atoms with Crippen LogP contribution in [0.4, 0.5) is 5.69 Å². The van der Waals surface area contributed by atoms with Gasteiger partial charge in [-0.25, -0.2) is 18.5 Å². The van der Waals surface area contributed by atoms with Crippen LogP contribution >= 0.6 is 31.9 Å². The number of primary sulfonamides is 1. The second kappa shape index (κ2) is 6.22. The molecular formula is C12H9Br2N3O3S. The molecule has 0 aliphatic rings. The molecule has 1 amide bonds. The van der Waals surface area contributed by atoms with Crippen LogP contribution < -0.4 is 10.5 Å². The molecule has 0 atom stereocenters. The van der Waals surface area contributed by atoms with Crippen LogP contribution in [-0.2, 0) is 10.0 Å². The minimum atomic E-state index is -3.79. The molecule has 0 saturated heterocycles. The summed E-state index contributed by atoms with van der Waals surface area (Å²) in [4.78, 5) is 16.0. The van der Waals surface area contributed by atoms with Crippen LogP contribution in [0.2, 0.25) is 0 Å². The maximum Gasteiger partial charge on any atom is 0.275 e. The summed E-state index contributed by atoms with van der Waals surface area (Å²) in [7, 11) is -3.79. The predicted octanol–water partition coefficient (Wildman–Crippen LogP) is 2.51. The molecule has 0 aliphatic heterocycles. The number of nitrogens with zero attached hydrogens (tertiary/aromatic N) is 1. The number of aromatic nitrogens is 1. The summed E-state index contributed by atoms with van der Waals surface area (Å²) in [6.45, 7) is 0. The quantitative estimate of drug-likeness (QED) is 0.774. The van der Waals surface area contributed by atoms with Crippen molar-refractivity contribution in [3.05, 3.63) is 51.2 Å². The van der Waals surface area contributed by atoms with Crippen LogP contribution in [0.15, 0.2) is 50.4 Å². The van der Waals surface area contributed by atoms with Crippen LogP contribution in [0.25, 0.3) is 0 Å². The van der Waals surface area contributed by atoms with Gasteiger partial charge in [-0.05, 0) is 62.2 Å². The molecule has 0 radical (unpaired) electrons. The van der Waals surface area contributed by atoms with Gasteiger partial charge in [-0.15, -0.1) is 0 Å². The number of benzene rings is 1. The average molecular weight is 435 g/mol. The molecule has 0 fully saturated rings. The number of pyridine rings is 1. The van der Waals surface area contributed by atoms with E-state index < -0.39 is 15.9 Å². The fraction of sp³-hybridized carbons (Fsp3) is 0. The maximum atomic E-state index is 12.1. The van der Waals surface area contributed by atoms with E-state index in [0.717, 1.165) is 0 Å². The fourth-order valence-electron chi connectivity index (χ4n) is 1.51. The van der Waals surface area contributed by atoms with E-state index in [9.17, 15) is 13.2 Å². The summed E-state index contributed by atoms with van der Waals surface area (Å²) in [5.41, 5.74) is 0.630. The van der Waals surface area contributed by atoms with Gasteiger partial charge >= 0.3 is 0 Å².